The van der Waals surface area contributed by atoms with Gasteiger partial charge >= 0.3 is 6.09 Å². The van der Waals surface area contributed by atoms with E-state index >= 15 is 0 Å². The van der Waals surface area contributed by atoms with E-state index in [2.05, 4.69) is 21.2 Å². The number of carbonyl (C=O) groups excluding carboxylic acids is 1. The predicted octanol–water partition coefficient (Wildman–Crippen LogP) is 3.31. The van der Waals surface area contributed by atoms with Gasteiger partial charge in [0, 0.05) is 29.7 Å². The van der Waals surface area contributed by atoms with Crippen molar-refractivity contribution in [2.24, 2.45) is 0 Å². The second-order valence-corrected chi connectivity index (χ2v) is 7.68. The SMILES string of the molecule is CC(C)(C)OC(=O)N1CCOCC1CNCc1cc(Br)ccc1F. The number of rotatable bonds is 4. The van der Waals surface area contributed by atoms with Gasteiger partial charge in [-0.3, -0.25) is 4.90 Å². The zero-order chi connectivity index (χ0) is 17.7. The highest BCUT2D eigenvalue weighted by Crippen LogP contribution is 2.16. The van der Waals surface area contributed by atoms with E-state index in [0.717, 1.165) is 4.47 Å². The average Bonchev–Trinajstić information content (AvgIpc) is 2.49. The number of carbonyl (C=O) groups is 1. The molecular formula is C17H24BrFN2O3. The Balaban J connectivity index is 1.91. The molecule has 1 unspecified atom stereocenters. The van der Waals surface area contributed by atoms with E-state index in [4.69, 9.17) is 9.47 Å². The summed E-state index contributed by atoms with van der Waals surface area (Å²) in [6.45, 7) is 7.84. The first-order valence-electron chi connectivity index (χ1n) is 7.98. The summed E-state index contributed by atoms with van der Waals surface area (Å²) in [7, 11) is 0. The highest BCUT2D eigenvalue weighted by molar-refractivity contribution is 9.10. The van der Waals surface area contributed by atoms with Gasteiger partial charge < -0.3 is 14.8 Å². The maximum atomic E-state index is 13.8. The van der Waals surface area contributed by atoms with E-state index in [9.17, 15) is 9.18 Å². The summed E-state index contributed by atoms with van der Waals surface area (Å²) in [6, 6.07) is 4.70. The van der Waals surface area contributed by atoms with Crippen molar-refractivity contribution in [2.75, 3.05) is 26.3 Å². The summed E-state index contributed by atoms with van der Waals surface area (Å²) in [5.74, 6) is -0.255. The lowest BCUT2D eigenvalue weighted by Crippen LogP contribution is -2.54. The van der Waals surface area contributed by atoms with Gasteiger partial charge in [-0.1, -0.05) is 15.9 Å². The molecule has 1 heterocycles. The van der Waals surface area contributed by atoms with Crippen molar-refractivity contribution in [3.63, 3.8) is 0 Å². The zero-order valence-electron chi connectivity index (χ0n) is 14.3. The fourth-order valence-corrected chi connectivity index (χ4v) is 2.85. The molecule has 1 fully saturated rings. The molecule has 1 N–H and O–H groups in total. The third-order valence-corrected chi connectivity index (χ3v) is 4.05. The van der Waals surface area contributed by atoms with Gasteiger partial charge in [0.2, 0.25) is 0 Å². The Morgan fingerprint density at radius 2 is 2.25 bits per heavy atom. The Labute approximate surface area is 150 Å². The van der Waals surface area contributed by atoms with Crippen molar-refractivity contribution in [1.29, 1.82) is 0 Å². The van der Waals surface area contributed by atoms with Crippen molar-refractivity contribution in [3.8, 4) is 0 Å². The van der Waals surface area contributed by atoms with Gasteiger partial charge in [0.05, 0.1) is 19.3 Å². The number of morpholine rings is 1. The molecule has 1 aromatic carbocycles. The van der Waals surface area contributed by atoms with E-state index in [1.54, 1.807) is 17.0 Å². The highest BCUT2D eigenvalue weighted by Gasteiger charge is 2.30. The molecule has 1 saturated heterocycles. The van der Waals surface area contributed by atoms with E-state index < -0.39 is 5.60 Å². The molecule has 0 saturated carbocycles. The first-order chi connectivity index (χ1) is 11.3. The second-order valence-electron chi connectivity index (χ2n) is 6.77. The molecule has 1 aliphatic heterocycles. The summed E-state index contributed by atoms with van der Waals surface area (Å²) in [5.41, 5.74) is 0.0391. The van der Waals surface area contributed by atoms with Crippen LogP contribution in [0.25, 0.3) is 0 Å². The quantitative estimate of drug-likeness (QED) is 0.838. The lowest BCUT2D eigenvalue weighted by Gasteiger charge is -2.36. The molecule has 7 heteroatoms. The Morgan fingerprint density at radius 3 is 2.96 bits per heavy atom. The Morgan fingerprint density at radius 1 is 1.50 bits per heavy atom. The minimum atomic E-state index is -0.535. The number of hydrogen-bond donors (Lipinski definition) is 1. The topological polar surface area (TPSA) is 50.8 Å². The lowest BCUT2D eigenvalue weighted by atomic mass is 10.2. The molecule has 0 aliphatic carbocycles. The number of hydrogen-bond acceptors (Lipinski definition) is 4. The number of nitrogens with one attached hydrogen (secondary N) is 1. The van der Waals surface area contributed by atoms with Crippen molar-refractivity contribution < 1.29 is 18.7 Å². The van der Waals surface area contributed by atoms with E-state index in [-0.39, 0.29) is 18.0 Å². The number of amides is 1. The second kappa shape index (κ2) is 8.27. The van der Waals surface area contributed by atoms with Crippen molar-refractivity contribution in [3.05, 3.63) is 34.1 Å². The van der Waals surface area contributed by atoms with E-state index in [1.807, 2.05) is 20.8 Å². The minimum absolute atomic E-state index is 0.135. The van der Waals surface area contributed by atoms with Crippen LogP contribution in [0.15, 0.2) is 22.7 Å². The molecule has 134 valence electrons. The maximum Gasteiger partial charge on any atom is 0.410 e. The van der Waals surface area contributed by atoms with Crippen LogP contribution in [0.5, 0.6) is 0 Å². The Kier molecular flexibility index (Phi) is 6.60. The lowest BCUT2D eigenvalue weighted by molar-refractivity contribution is -0.0317. The maximum absolute atomic E-state index is 13.8. The summed E-state index contributed by atoms with van der Waals surface area (Å²) in [4.78, 5) is 14.0. The van der Waals surface area contributed by atoms with Gasteiger partial charge in [0.15, 0.2) is 0 Å². The number of ether oxygens (including phenoxy) is 2. The first-order valence-corrected chi connectivity index (χ1v) is 8.77. The van der Waals surface area contributed by atoms with Crippen molar-refractivity contribution >= 4 is 22.0 Å². The van der Waals surface area contributed by atoms with Crippen LogP contribution in [0.3, 0.4) is 0 Å². The Hall–Kier alpha value is -1.18. The Bertz CT molecular complexity index is 577. The van der Waals surface area contributed by atoms with Crippen LogP contribution in [-0.4, -0.2) is 48.9 Å². The first kappa shape index (κ1) is 19.1. The monoisotopic (exact) mass is 402 g/mol. The molecule has 1 aromatic rings. The molecule has 0 bridgehead atoms. The minimum Gasteiger partial charge on any atom is -0.444 e. The third-order valence-electron chi connectivity index (χ3n) is 3.56. The van der Waals surface area contributed by atoms with Crippen molar-refractivity contribution in [2.45, 2.75) is 39.0 Å². The standard InChI is InChI=1S/C17H24BrFN2O3/c1-17(2,3)24-16(22)21-6-7-23-11-14(21)10-20-9-12-8-13(18)4-5-15(12)19/h4-5,8,14,20H,6-7,9-11H2,1-3H3. The predicted molar refractivity (Wildman–Crippen MR) is 93.4 cm³/mol. The number of nitrogens with zero attached hydrogens (tertiary/aromatic N) is 1. The highest BCUT2D eigenvalue weighted by atomic mass is 79.9. The van der Waals surface area contributed by atoms with Gasteiger partial charge in [-0.25, -0.2) is 9.18 Å². The molecule has 0 radical (unpaired) electrons. The molecular weight excluding hydrogens is 379 g/mol. The smallest absolute Gasteiger partial charge is 0.410 e. The normalized spacial score (nSPS) is 18.5. The molecule has 0 spiro atoms. The molecule has 24 heavy (non-hydrogen) atoms. The van der Waals surface area contributed by atoms with E-state index in [1.165, 1.54) is 6.07 Å². The summed E-state index contributed by atoms with van der Waals surface area (Å²) < 4.78 is 25.5. The number of halogens is 2. The molecule has 1 aliphatic rings. The summed E-state index contributed by atoms with van der Waals surface area (Å²) in [6.07, 6.45) is -0.341. The van der Waals surface area contributed by atoms with Crippen LogP contribution in [0.1, 0.15) is 26.3 Å². The van der Waals surface area contributed by atoms with Crippen LogP contribution in [-0.2, 0) is 16.0 Å². The van der Waals surface area contributed by atoms with Gasteiger partial charge in [0.25, 0.3) is 0 Å². The average molecular weight is 403 g/mol. The van der Waals surface area contributed by atoms with Gasteiger partial charge in [-0.05, 0) is 39.0 Å². The fourth-order valence-electron chi connectivity index (χ4n) is 2.44. The zero-order valence-corrected chi connectivity index (χ0v) is 15.9. The van der Waals surface area contributed by atoms with Crippen molar-refractivity contribution in [1.82, 2.24) is 10.2 Å². The number of benzene rings is 1. The van der Waals surface area contributed by atoms with Gasteiger partial charge in [0.1, 0.15) is 11.4 Å². The molecule has 0 aromatic heterocycles. The van der Waals surface area contributed by atoms with Crippen LogP contribution >= 0.6 is 15.9 Å². The largest absolute Gasteiger partial charge is 0.444 e. The summed E-state index contributed by atoms with van der Waals surface area (Å²) >= 11 is 3.34. The molecule has 1 atom stereocenters. The molecule has 1 amide bonds. The van der Waals surface area contributed by atoms with Gasteiger partial charge in [-0.2, -0.15) is 0 Å². The van der Waals surface area contributed by atoms with Gasteiger partial charge in [-0.15, -0.1) is 0 Å². The summed E-state index contributed by atoms with van der Waals surface area (Å²) in [5, 5.41) is 3.20. The van der Waals surface area contributed by atoms with Crippen LogP contribution < -0.4 is 5.32 Å². The van der Waals surface area contributed by atoms with Crippen LogP contribution in [0.2, 0.25) is 0 Å². The molecule has 5 nitrogen and oxygen atoms in total. The van der Waals surface area contributed by atoms with E-state index in [0.29, 0.717) is 38.4 Å². The third kappa shape index (κ3) is 5.72. The fraction of sp³-hybridized carbons (Fsp3) is 0.588. The van der Waals surface area contributed by atoms with Crippen LogP contribution in [0, 0.1) is 5.82 Å². The molecule has 2 rings (SSSR count). The van der Waals surface area contributed by atoms with Crippen LogP contribution in [0.4, 0.5) is 9.18 Å².